The molecule has 0 radical (unpaired) electrons. The van der Waals surface area contributed by atoms with E-state index in [9.17, 15) is 9.59 Å². The summed E-state index contributed by atoms with van der Waals surface area (Å²) in [6, 6.07) is 3.29. The van der Waals surface area contributed by atoms with Crippen LogP contribution in [-0.2, 0) is 24.9 Å². The van der Waals surface area contributed by atoms with E-state index < -0.39 is 0 Å². The number of pyridine rings is 1. The molecule has 122 valence electrons. The SMILES string of the molecule is Cc1nn(C)c(C)c1CN(C(=O)Cn1ccc(=O)cc1)C1CC1. The fraction of sp³-hybridized carbons (Fsp3) is 0.471. The summed E-state index contributed by atoms with van der Waals surface area (Å²) in [7, 11) is 1.93. The molecule has 6 nitrogen and oxygen atoms in total. The minimum Gasteiger partial charge on any atom is -0.345 e. The van der Waals surface area contributed by atoms with Crippen LogP contribution >= 0.6 is 0 Å². The molecule has 1 amide bonds. The lowest BCUT2D eigenvalue weighted by Gasteiger charge is -2.23. The maximum atomic E-state index is 12.7. The first-order chi connectivity index (χ1) is 11.0. The van der Waals surface area contributed by atoms with Crippen LogP contribution in [0.1, 0.15) is 29.8 Å². The van der Waals surface area contributed by atoms with Crippen molar-refractivity contribution in [2.24, 2.45) is 7.05 Å². The highest BCUT2D eigenvalue weighted by Crippen LogP contribution is 2.29. The van der Waals surface area contributed by atoms with Crippen LogP contribution in [0.5, 0.6) is 0 Å². The van der Waals surface area contributed by atoms with E-state index in [4.69, 9.17) is 0 Å². The lowest BCUT2D eigenvalue weighted by molar-refractivity contribution is -0.133. The zero-order chi connectivity index (χ0) is 16.6. The predicted octanol–water partition coefficient (Wildman–Crippen LogP) is 1.39. The van der Waals surface area contributed by atoms with Gasteiger partial charge in [-0.15, -0.1) is 0 Å². The molecule has 3 rings (SSSR count). The van der Waals surface area contributed by atoms with Gasteiger partial charge in [-0.05, 0) is 26.7 Å². The fourth-order valence-electron chi connectivity index (χ4n) is 2.82. The summed E-state index contributed by atoms with van der Waals surface area (Å²) in [5, 5.41) is 4.44. The largest absolute Gasteiger partial charge is 0.345 e. The molecule has 0 N–H and O–H groups in total. The number of rotatable bonds is 5. The molecule has 2 aromatic rings. The number of carbonyl (C=O) groups excluding carboxylic acids is 1. The van der Waals surface area contributed by atoms with Crippen molar-refractivity contribution in [2.75, 3.05) is 0 Å². The Bertz CT molecular complexity index is 766. The van der Waals surface area contributed by atoms with E-state index in [0.29, 0.717) is 12.6 Å². The minimum atomic E-state index is -0.0469. The van der Waals surface area contributed by atoms with Crippen molar-refractivity contribution < 1.29 is 4.79 Å². The third kappa shape index (κ3) is 3.36. The molecule has 1 aliphatic carbocycles. The van der Waals surface area contributed by atoms with Gasteiger partial charge in [0.2, 0.25) is 5.91 Å². The van der Waals surface area contributed by atoms with E-state index in [-0.39, 0.29) is 17.9 Å². The quantitative estimate of drug-likeness (QED) is 0.838. The highest BCUT2D eigenvalue weighted by Gasteiger charge is 2.33. The Morgan fingerprint density at radius 1 is 1.30 bits per heavy atom. The van der Waals surface area contributed by atoms with E-state index in [1.165, 1.54) is 12.1 Å². The molecule has 0 atom stereocenters. The lowest BCUT2D eigenvalue weighted by Crippen LogP contribution is -2.35. The lowest BCUT2D eigenvalue weighted by atomic mass is 10.2. The maximum Gasteiger partial charge on any atom is 0.243 e. The first-order valence-corrected chi connectivity index (χ1v) is 7.90. The second-order valence-electron chi connectivity index (χ2n) is 6.23. The molecule has 6 heteroatoms. The molecule has 1 aliphatic rings. The second kappa shape index (κ2) is 6.02. The summed E-state index contributed by atoms with van der Waals surface area (Å²) in [4.78, 5) is 25.8. The minimum absolute atomic E-state index is 0.0469. The number of hydrogen-bond donors (Lipinski definition) is 0. The smallest absolute Gasteiger partial charge is 0.243 e. The maximum absolute atomic E-state index is 12.7. The van der Waals surface area contributed by atoms with Gasteiger partial charge >= 0.3 is 0 Å². The van der Waals surface area contributed by atoms with Crippen molar-refractivity contribution in [1.82, 2.24) is 19.2 Å². The highest BCUT2D eigenvalue weighted by molar-refractivity contribution is 5.76. The monoisotopic (exact) mass is 314 g/mol. The zero-order valence-electron chi connectivity index (χ0n) is 13.8. The summed E-state index contributed by atoms with van der Waals surface area (Å²) >= 11 is 0. The van der Waals surface area contributed by atoms with Crippen molar-refractivity contribution >= 4 is 5.91 Å². The Balaban J connectivity index is 1.77. The van der Waals surface area contributed by atoms with E-state index in [0.717, 1.165) is 29.8 Å². The summed E-state index contributed by atoms with van der Waals surface area (Å²) in [6.07, 6.45) is 5.44. The first kappa shape index (κ1) is 15.5. The molecule has 1 saturated carbocycles. The first-order valence-electron chi connectivity index (χ1n) is 7.90. The van der Waals surface area contributed by atoms with Gasteiger partial charge in [0.15, 0.2) is 5.43 Å². The number of hydrogen-bond acceptors (Lipinski definition) is 3. The Morgan fingerprint density at radius 2 is 1.96 bits per heavy atom. The molecule has 0 saturated heterocycles. The average molecular weight is 314 g/mol. The van der Waals surface area contributed by atoms with E-state index >= 15 is 0 Å². The molecular weight excluding hydrogens is 292 g/mol. The topological polar surface area (TPSA) is 60.1 Å². The van der Waals surface area contributed by atoms with Crippen LogP contribution in [0.4, 0.5) is 0 Å². The molecule has 2 heterocycles. The standard InChI is InChI=1S/C17H22N4O2/c1-12-16(13(2)19(3)18-12)10-21(14-4-5-14)17(23)11-20-8-6-15(22)7-9-20/h6-9,14H,4-5,10-11H2,1-3H3. The van der Waals surface area contributed by atoms with Gasteiger partial charge in [-0.2, -0.15) is 5.10 Å². The third-order valence-electron chi connectivity index (χ3n) is 4.47. The molecule has 1 fully saturated rings. The Kier molecular flexibility index (Phi) is 4.07. The average Bonchev–Trinajstić information content (AvgIpc) is 3.30. The van der Waals surface area contributed by atoms with Crippen LogP contribution in [-0.4, -0.2) is 31.2 Å². The van der Waals surface area contributed by atoms with Gasteiger partial charge in [-0.25, -0.2) is 0 Å². The van der Waals surface area contributed by atoms with Gasteiger partial charge in [0, 0.05) is 55.4 Å². The molecule has 23 heavy (non-hydrogen) atoms. The summed E-state index contributed by atoms with van der Waals surface area (Å²) < 4.78 is 3.62. The van der Waals surface area contributed by atoms with Crippen LogP contribution in [0.25, 0.3) is 0 Å². The van der Waals surface area contributed by atoms with Crippen molar-refractivity contribution in [3.05, 3.63) is 51.7 Å². The summed E-state index contributed by atoms with van der Waals surface area (Å²) in [5.41, 5.74) is 3.16. The fourth-order valence-corrected chi connectivity index (χ4v) is 2.82. The molecular formula is C17H22N4O2. The highest BCUT2D eigenvalue weighted by atomic mass is 16.2. The number of amides is 1. The molecule has 2 aromatic heterocycles. The van der Waals surface area contributed by atoms with Crippen LogP contribution in [0, 0.1) is 13.8 Å². The Hall–Kier alpha value is -2.37. The number of aryl methyl sites for hydroxylation is 2. The number of nitrogens with zero attached hydrogens (tertiary/aromatic N) is 4. The van der Waals surface area contributed by atoms with Crippen molar-refractivity contribution in [1.29, 1.82) is 0 Å². The number of carbonyl (C=O) groups is 1. The van der Waals surface area contributed by atoms with Gasteiger partial charge in [0.25, 0.3) is 0 Å². The van der Waals surface area contributed by atoms with Crippen molar-refractivity contribution in [3.63, 3.8) is 0 Å². The van der Waals surface area contributed by atoms with Crippen LogP contribution in [0.2, 0.25) is 0 Å². The van der Waals surface area contributed by atoms with E-state index in [2.05, 4.69) is 5.10 Å². The van der Waals surface area contributed by atoms with E-state index in [1.54, 1.807) is 17.0 Å². The third-order valence-corrected chi connectivity index (χ3v) is 4.47. The number of aromatic nitrogens is 3. The predicted molar refractivity (Wildman–Crippen MR) is 87.0 cm³/mol. The molecule has 0 spiro atoms. The van der Waals surface area contributed by atoms with Gasteiger partial charge in [-0.3, -0.25) is 14.3 Å². The van der Waals surface area contributed by atoms with Crippen LogP contribution in [0.3, 0.4) is 0 Å². The Labute approximate surface area is 135 Å². The van der Waals surface area contributed by atoms with Crippen molar-refractivity contribution in [2.45, 2.75) is 45.8 Å². The normalized spacial score (nSPS) is 14.0. The molecule has 0 aliphatic heterocycles. The van der Waals surface area contributed by atoms with Crippen LogP contribution in [0.15, 0.2) is 29.3 Å². The van der Waals surface area contributed by atoms with E-state index in [1.807, 2.05) is 30.5 Å². The van der Waals surface area contributed by atoms with Gasteiger partial charge in [0.1, 0.15) is 6.54 Å². The van der Waals surface area contributed by atoms with Crippen molar-refractivity contribution in [3.8, 4) is 0 Å². The van der Waals surface area contributed by atoms with Gasteiger partial charge in [0.05, 0.1) is 5.69 Å². The molecule has 0 aromatic carbocycles. The van der Waals surface area contributed by atoms with Gasteiger partial charge < -0.3 is 9.47 Å². The Morgan fingerprint density at radius 3 is 2.48 bits per heavy atom. The molecule has 0 unspecified atom stereocenters. The molecule has 0 bridgehead atoms. The summed E-state index contributed by atoms with van der Waals surface area (Å²) in [5.74, 6) is 0.0822. The van der Waals surface area contributed by atoms with Gasteiger partial charge in [-0.1, -0.05) is 0 Å². The van der Waals surface area contributed by atoms with Crippen LogP contribution < -0.4 is 5.43 Å². The zero-order valence-corrected chi connectivity index (χ0v) is 13.8. The summed E-state index contributed by atoms with van der Waals surface area (Å²) in [6.45, 7) is 4.89. The second-order valence-corrected chi connectivity index (χ2v) is 6.23.